The Bertz CT molecular complexity index is 662. The molecule has 0 bridgehead atoms. The molecule has 0 unspecified atom stereocenters. The number of hydrogen-bond donors (Lipinski definition) is 0. The maximum atomic E-state index is 12.9. The summed E-state index contributed by atoms with van der Waals surface area (Å²) in [4.78, 5) is 12.3. The van der Waals surface area contributed by atoms with Crippen molar-refractivity contribution in [2.24, 2.45) is 0 Å². The number of rotatable bonds is 2. The second-order valence-corrected chi connectivity index (χ2v) is 4.69. The zero-order valence-electron chi connectivity index (χ0n) is 10.5. The number of ketones is 1. The van der Waals surface area contributed by atoms with Gasteiger partial charge >= 0.3 is 6.18 Å². The molecule has 0 atom stereocenters. The molecular weight excluding hydrogens is 289 g/mol. The van der Waals surface area contributed by atoms with Crippen molar-refractivity contribution in [3.63, 3.8) is 0 Å². The van der Waals surface area contributed by atoms with Crippen molar-refractivity contribution < 1.29 is 18.0 Å². The van der Waals surface area contributed by atoms with Crippen LogP contribution in [0, 0.1) is 6.92 Å². The van der Waals surface area contributed by atoms with Crippen molar-refractivity contribution in [1.82, 2.24) is 0 Å². The molecule has 0 saturated heterocycles. The van der Waals surface area contributed by atoms with Crippen LogP contribution in [0.5, 0.6) is 0 Å². The first-order valence-electron chi connectivity index (χ1n) is 5.78. The maximum absolute atomic E-state index is 12.9. The standard InChI is InChI=1S/C15H10ClF3O/c1-9-10(6-4-8-13(9)16)14(20)11-5-2-3-7-12(11)15(17,18)19/h2-8H,1H3. The molecule has 2 aromatic rings. The third kappa shape index (κ3) is 2.70. The molecule has 2 rings (SSSR count). The summed E-state index contributed by atoms with van der Waals surface area (Å²) in [6, 6.07) is 9.32. The molecule has 0 N–H and O–H groups in total. The van der Waals surface area contributed by atoms with E-state index in [1.807, 2.05) is 0 Å². The van der Waals surface area contributed by atoms with E-state index in [0.29, 0.717) is 10.6 Å². The fourth-order valence-corrected chi connectivity index (χ4v) is 2.10. The molecule has 0 saturated carbocycles. The van der Waals surface area contributed by atoms with E-state index in [2.05, 4.69) is 0 Å². The summed E-state index contributed by atoms with van der Waals surface area (Å²) in [6.07, 6.45) is -4.57. The van der Waals surface area contributed by atoms with Crippen molar-refractivity contribution in [1.29, 1.82) is 0 Å². The van der Waals surface area contributed by atoms with E-state index in [-0.39, 0.29) is 11.1 Å². The van der Waals surface area contributed by atoms with Gasteiger partial charge in [0.25, 0.3) is 0 Å². The van der Waals surface area contributed by atoms with E-state index in [1.165, 1.54) is 24.3 Å². The number of carbonyl (C=O) groups excluding carboxylic acids is 1. The van der Waals surface area contributed by atoms with E-state index in [0.717, 1.165) is 6.07 Å². The molecule has 0 aromatic heterocycles. The monoisotopic (exact) mass is 298 g/mol. The van der Waals surface area contributed by atoms with Gasteiger partial charge in [-0.2, -0.15) is 13.2 Å². The Balaban J connectivity index is 2.58. The predicted molar refractivity (Wildman–Crippen MR) is 71.1 cm³/mol. The van der Waals surface area contributed by atoms with Crippen LogP contribution in [-0.2, 0) is 6.18 Å². The van der Waals surface area contributed by atoms with E-state index in [9.17, 15) is 18.0 Å². The van der Waals surface area contributed by atoms with Crippen molar-refractivity contribution >= 4 is 17.4 Å². The number of carbonyl (C=O) groups is 1. The molecule has 0 aliphatic heterocycles. The number of hydrogen-bond acceptors (Lipinski definition) is 1. The lowest BCUT2D eigenvalue weighted by Crippen LogP contribution is -2.14. The number of benzene rings is 2. The Morgan fingerprint density at radius 3 is 2.25 bits per heavy atom. The van der Waals surface area contributed by atoms with Crippen molar-refractivity contribution in [2.45, 2.75) is 13.1 Å². The molecule has 0 fully saturated rings. The van der Waals surface area contributed by atoms with Crippen LogP contribution < -0.4 is 0 Å². The highest BCUT2D eigenvalue weighted by atomic mass is 35.5. The van der Waals surface area contributed by atoms with E-state index < -0.39 is 17.5 Å². The topological polar surface area (TPSA) is 17.1 Å². The summed E-state index contributed by atoms with van der Waals surface area (Å²) >= 11 is 5.90. The van der Waals surface area contributed by atoms with Crippen LogP contribution in [0.15, 0.2) is 42.5 Å². The van der Waals surface area contributed by atoms with Gasteiger partial charge in [0.15, 0.2) is 5.78 Å². The summed E-state index contributed by atoms with van der Waals surface area (Å²) in [5, 5.41) is 0.348. The Hall–Kier alpha value is -1.81. The van der Waals surface area contributed by atoms with E-state index in [1.54, 1.807) is 19.1 Å². The predicted octanol–water partition coefficient (Wildman–Crippen LogP) is 4.90. The number of halogens is 4. The molecule has 20 heavy (non-hydrogen) atoms. The number of alkyl halides is 3. The molecule has 0 radical (unpaired) electrons. The molecule has 0 spiro atoms. The van der Waals surface area contributed by atoms with Crippen LogP contribution in [0.25, 0.3) is 0 Å². The van der Waals surface area contributed by atoms with Crippen molar-refractivity contribution in [2.75, 3.05) is 0 Å². The molecule has 104 valence electrons. The van der Waals surface area contributed by atoms with Crippen LogP contribution in [0.2, 0.25) is 5.02 Å². The summed E-state index contributed by atoms with van der Waals surface area (Å²) in [5.74, 6) is -0.682. The lowest BCUT2D eigenvalue weighted by atomic mass is 9.95. The lowest BCUT2D eigenvalue weighted by Gasteiger charge is -2.13. The van der Waals surface area contributed by atoms with Gasteiger partial charge in [-0.25, -0.2) is 0 Å². The second-order valence-electron chi connectivity index (χ2n) is 4.28. The van der Waals surface area contributed by atoms with Gasteiger partial charge in [0.2, 0.25) is 0 Å². The van der Waals surface area contributed by atoms with Gasteiger partial charge in [0, 0.05) is 16.1 Å². The Morgan fingerprint density at radius 2 is 1.60 bits per heavy atom. The van der Waals surface area contributed by atoms with Crippen LogP contribution in [0.3, 0.4) is 0 Å². The minimum atomic E-state index is -4.57. The minimum Gasteiger partial charge on any atom is -0.289 e. The average molecular weight is 299 g/mol. The SMILES string of the molecule is Cc1c(Cl)cccc1C(=O)c1ccccc1C(F)(F)F. The molecule has 1 nitrogen and oxygen atoms in total. The van der Waals surface area contributed by atoms with Gasteiger partial charge in [-0.1, -0.05) is 41.9 Å². The second kappa shape index (κ2) is 5.29. The van der Waals surface area contributed by atoms with Crippen LogP contribution >= 0.6 is 11.6 Å². The van der Waals surface area contributed by atoms with Crippen LogP contribution in [-0.4, -0.2) is 5.78 Å². The largest absolute Gasteiger partial charge is 0.417 e. The molecule has 0 amide bonds. The molecular formula is C15H10ClF3O. The Labute approximate surface area is 119 Å². The van der Waals surface area contributed by atoms with E-state index >= 15 is 0 Å². The van der Waals surface area contributed by atoms with Gasteiger partial charge in [0.1, 0.15) is 0 Å². The smallest absolute Gasteiger partial charge is 0.289 e. The average Bonchev–Trinajstić information content (AvgIpc) is 2.40. The minimum absolute atomic E-state index is 0.175. The van der Waals surface area contributed by atoms with Gasteiger partial charge in [-0.3, -0.25) is 4.79 Å². The highest BCUT2D eigenvalue weighted by molar-refractivity contribution is 6.32. The normalized spacial score (nSPS) is 11.4. The first kappa shape index (κ1) is 14.6. The van der Waals surface area contributed by atoms with Crippen molar-refractivity contribution in [3.8, 4) is 0 Å². The molecule has 2 aromatic carbocycles. The molecule has 0 heterocycles. The van der Waals surface area contributed by atoms with Gasteiger partial charge in [-0.15, -0.1) is 0 Å². The third-order valence-electron chi connectivity index (χ3n) is 2.99. The Kier molecular flexibility index (Phi) is 3.86. The van der Waals surface area contributed by atoms with Gasteiger partial charge in [0.05, 0.1) is 5.56 Å². The third-order valence-corrected chi connectivity index (χ3v) is 3.40. The quantitative estimate of drug-likeness (QED) is 0.721. The summed E-state index contributed by atoms with van der Waals surface area (Å²) in [6.45, 7) is 1.60. The molecule has 5 heteroatoms. The summed E-state index contributed by atoms with van der Waals surface area (Å²) in [7, 11) is 0. The van der Waals surface area contributed by atoms with E-state index in [4.69, 9.17) is 11.6 Å². The molecule has 0 aliphatic rings. The zero-order valence-corrected chi connectivity index (χ0v) is 11.2. The molecule has 0 aliphatic carbocycles. The lowest BCUT2D eigenvalue weighted by molar-refractivity contribution is -0.137. The van der Waals surface area contributed by atoms with Gasteiger partial charge in [-0.05, 0) is 24.6 Å². The van der Waals surface area contributed by atoms with Crippen molar-refractivity contribution in [3.05, 3.63) is 69.7 Å². The fraction of sp³-hybridized carbons (Fsp3) is 0.133. The van der Waals surface area contributed by atoms with Gasteiger partial charge < -0.3 is 0 Å². The summed E-state index contributed by atoms with van der Waals surface area (Å²) in [5.41, 5.74) is -0.667. The fourth-order valence-electron chi connectivity index (χ4n) is 1.93. The highest BCUT2D eigenvalue weighted by Crippen LogP contribution is 2.33. The first-order chi connectivity index (χ1) is 9.32. The highest BCUT2D eigenvalue weighted by Gasteiger charge is 2.35. The Morgan fingerprint density at radius 1 is 1.00 bits per heavy atom. The first-order valence-corrected chi connectivity index (χ1v) is 6.16. The zero-order chi connectivity index (χ0) is 14.9. The van der Waals surface area contributed by atoms with Crippen LogP contribution in [0.4, 0.5) is 13.2 Å². The summed E-state index contributed by atoms with van der Waals surface area (Å²) < 4.78 is 38.8. The van der Waals surface area contributed by atoms with Crippen LogP contribution in [0.1, 0.15) is 27.0 Å². The maximum Gasteiger partial charge on any atom is 0.417 e.